The molecule has 0 aromatic carbocycles. The Morgan fingerprint density at radius 1 is 0.593 bits per heavy atom. The zero-order valence-corrected chi connectivity index (χ0v) is 18.9. The summed E-state index contributed by atoms with van der Waals surface area (Å²) in [5.41, 5.74) is 0. The van der Waals surface area contributed by atoms with Crippen LogP contribution < -0.4 is 0 Å². The van der Waals surface area contributed by atoms with Gasteiger partial charge in [0.15, 0.2) is 0 Å². The average Bonchev–Trinajstić information content (AvgIpc) is 2.66. The van der Waals surface area contributed by atoms with Crippen LogP contribution in [0, 0.1) is 11.8 Å². The number of unbranched alkanes of at least 4 members (excludes halogenated alkanes) is 12. The molecule has 0 rings (SSSR count). The van der Waals surface area contributed by atoms with Gasteiger partial charge >= 0.3 is 5.97 Å². The summed E-state index contributed by atoms with van der Waals surface area (Å²) >= 11 is 0. The smallest absolute Gasteiger partial charge is 0.306 e. The van der Waals surface area contributed by atoms with Crippen LogP contribution in [-0.4, -0.2) is 11.1 Å². The number of carboxylic acid groups (broad SMARTS) is 1. The van der Waals surface area contributed by atoms with E-state index in [0.717, 1.165) is 19.3 Å². The molecule has 162 valence electrons. The van der Waals surface area contributed by atoms with Gasteiger partial charge in [-0.1, -0.05) is 130 Å². The van der Waals surface area contributed by atoms with E-state index in [1.165, 1.54) is 103 Å². The predicted molar refractivity (Wildman–Crippen MR) is 119 cm³/mol. The van der Waals surface area contributed by atoms with E-state index in [1.54, 1.807) is 0 Å². The van der Waals surface area contributed by atoms with Crippen LogP contribution in [0.1, 0.15) is 143 Å². The molecule has 0 saturated carbocycles. The topological polar surface area (TPSA) is 37.3 Å². The highest BCUT2D eigenvalue weighted by Gasteiger charge is 2.21. The monoisotopic (exact) mass is 382 g/mol. The molecule has 1 N–H and O–H groups in total. The Hall–Kier alpha value is -0.530. The highest BCUT2D eigenvalue weighted by atomic mass is 16.4. The van der Waals surface area contributed by atoms with Gasteiger partial charge in [0, 0.05) is 0 Å². The Labute approximate surface area is 170 Å². The number of rotatable bonds is 21. The molecule has 0 spiro atoms. The van der Waals surface area contributed by atoms with Crippen molar-refractivity contribution in [3.63, 3.8) is 0 Å². The second kappa shape index (κ2) is 20.2. The maximum Gasteiger partial charge on any atom is 0.306 e. The molecule has 0 bridgehead atoms. The Morgan fingerprint density at radius 3 is 1.52 bits per heavy atom. The molecule has 2 heteroatoms. The quantitative estimate of drug-likeness (QED) is 0.201. The third-order valence-corrected chi connectivity index (χ3v) is 6.06. The van der Waals surface area contributed by atoms with Crippen LogP contribution in [0.15, 0.2) is 0 Å². The molecule has 0 saturated heterocycles. The van der Waals surface area contributed by atoms with Gasteiger partial charge in [0.05, 0.1) is 5.92 Å². The second-order valence-corrected chi connectivity index (χ2v) is 8.75. The maximum absolute atomic E-state index is 11.8. The van der Waals surface area contributed by atoms with Gasteiger partial charge in [-0.05, 0) is 18.8 Å². The lowest BCUT2D eigenvalue weighted by Crippen LogP contribution is -2.18. The normalized spacial score (nSPS) is 13.6. The Morgan fingerprint density at radius 2 is 1.00 bits per heavy atom. The van der Waals surface area contributed by atoms with Crippen LogP contribution in [0.25, 0.3) is 0 Å². The summed E-state index contributed by atoms with van der Waals surface area (Å²) < 4.78 is 0. The van der Waals surface area contributed by atoms with Gasteiger partial charge in [-0.3, -0.25) is 4.79 Å². The van der Waals surface area contributed by atoms with Crippen LogP contribution in [0.2, 0.25) is 0 Å². The zero-order chi connectivity index (χ0) is 20.2. The molecule has 0 aliphatic carbocycles. The van der Waals surface area contributed by atoms with E-state index in [9.17, 15) is 9.90 Å². The third-order valence-electron chi connectivity index (χ3n) is 6.06. The summed E-state index contributed by atoms with van der Waals surface area (Å²) in [4.78, 5) is 11.8. The van der Waals surface area contributed by atoms with Gasteiger partial charge in [0.25, 0.3) is 0 Å². The lowest BCUT2D eigenvalue weighted by atomic mass is 9.84. The summed E-state index contributed by atoms with van der Waals surface area (Å²) in [5, 5.41) is 9.68. The first kappa shape index (κ1) is 26.5. The van der Waals surface area contributed by atoms with Crippen LogP contribution in [-0.2, 0) is 4.79 Å². The molecule has 0 aliphatic rings. The fraction of sp³-hybridized carbons (Fsp3) is 0.960. The van der Waals surface area contributed by atoms with E-state index >= 15 is 0 Å². The zero-order valence-electron chi connectivity index (χ0n) is 18.9. The molecular formula is C25H50O2. The van der Waals surface area contributed by atoms with Crippen molar-refractivity contribution in [1.29, 1.82) is 0 Å². The molecule has 0 heterocycles. The number of carbonyl (C=O) groups is 1. The molecule has 27 heavy (non-hydrogen) atoms. The number of hydrogen-bond acceptors (Lipinski definition) is 1. The van der Waals surface area contributed by atoms with E-state index in [2.05, 4.69) is 20.8 Å². The van der Waals surface area contributed by atoms with Crippen molar-refractivity contribution in [2.45, 2.75) is 143 Å². The molecular weight excluding hydrogens is 332 g/mol. The first-order chi connectivity index (χ1) is 13.2. The van der Waals surface area contributed by atoms with Crippen molar-refractivity contribution in [3.05, 3.63) is 0 Å². The molecule has 2 unspecified atom stereocenters. The molecule has 2 atom stereocenters. The molecule has 0 amide bonds. The summed E-state index contributed by atoms with van der Waals surface area (Å²) in [5.74, 6) is -0.0336. The van der Waals surface area contributed by atoms with Crippen molar-refractivity contribution in [2.75, 3.05) is 0 Å². The van der Waals surface area contributed by atoms with Crippen LogP contribution in [0.4, 0.5) is 0 Å². The molecule has 0 aromatic rings. The molecule has 0 aromatic heterocycles. The van der Waals surface area contributed by atoms with Crippen LogP contribution in [0.5, 0.6) is 0 Å². The summed E-state index contributed by atoms with van der Waals surface area (Å²) in [6.45, 7) is 6.75. The van der Waals surface area contributed by atoms with E-state index in [4.69, 9.17) is 0 Å². The second-order valence-electron chi connectivity index (χ2n) is 8.75. The van der Waals surface area contributed by atoms with Gasteiger partial charge in [-0.15, -0.1) is 0 Å². The van der Waals surface area contributed by atoms with E-state index in [-0.39, 0.29) is 5.92 Å². The fourth-order valence-electron chi connectivity index (χ4n) is 4.18. The Bertz CT molecular complexity index is 313. The fourth-order valence-corrected chi connectivity index (χ4v) is 4.18. The van der Waals surface area contributed by atoms with Gasteiger partial charge < -0.3 is 5.11 Å². The minimum atomic E-state index is -0.551. The lowest BCUT2D eigenvalue weighted by Gasteiger charge is -2.21. The first-order valence-electron chi connectivity index (χ1n) is 12.4. The molecule has 2 nitrogen and oxygen atoms in total. The minimum absolute atomic E-state index is 0.109. The van der Waals surface area contributed by atoms with Crippen molar-refractivity contribution in [3.8, 4) is 0 Å². The largest absolute Gasteiger partial charge is 0.481 e. The SMILES string of the molecule is CCCCCCCCCCCC(CC(CCCC)CCCCCC)C(=O)O. The van der Waals surface area contributed by atoms with E-state index in [1.807, 2.05) is 0 Å². The van der Waals surface area contributed by atoms with Crippen LogP contribution in [0.3, 0.4) is 0 Å². The van der Waals surface area contributed by atoms with Gasteiger partial charge in [0.1, 0.15) is 0 Å². The summed E-state index contributed by atoms with van der Waals surface area (Å²) in [6.07, 6.45) is 23.7. The highest BCUT2D eigenvalue weighted by Crippen LogP contribution is 2.27. The first-order valence-corrected chi connectivity index (χ1v) is 12.4. The van der Waals surface area contributed by atoms with Crippen molar-refractivity contribution in [1.82, 2.24) is 0 Å². The highest BCUT2D eigenvalue weighted by molar-refractivity contribution is 5.69. The summed E-state index contributed by atoms with van der Waals surface area (Å²) in [7, 11) is 0. The Kier molecular flexibility index (Phi) is 19.8. The third kappa shape index (κ3) is 17.3. The Balaban J connectivity index is 4.04. The average molecular weight is 383 g/mol. The van der Waals surface area contributed by atoms with Gasteiger partial charge in [0.2, 0.25) is 0 Å². The van der Waals surface area contributed by atoms with Crippen LogP contribution >= 0.6 is 0 Å². The number of aliphatic carboxylic acids is 1. The number of hydrogen-bond donors (Lipinski definition) is 1. The minimum Gasteiger partial charge on any atom is -0.481 e. The molecule has 0 radical (unpaired) electrons. The van der Waals surface area contributed by atoms with Gasteiger partial charge in [-0.25, -0.2) is 0 Å². The standard InChI is InChI=1S/C25H50O2/c1-4-7-10-12-13-14-15-16-18-21-24(25(26)27)22-23(19-9-6-3)20-17-11-8-5-2/h23-24H,4-22H2,1-3H3,(H,26,27). The van der Waals surface area contributed by atoms with E-state index in [0.29, 0.717) is 5.92 Å². The maximum atomic E-state index is 11.8. The van der Waals surface area contributed by atoms with Crippen molar-refractivity contribution >= 4 is 5.97 Å². The predicted octanol–water partition coefficient (Wildman–Crippen LogP) is 8.78. The van der Waals surface area contributed by atoms with E-state index < -0.39 is 5.97 Å². The summed E-state index contributed by atoms with van der Waals surface area (Å²) in [6, 6.07) is 0. The van der Waals surface area contributed by atoms with Crippen molar-refractivity contribution < 1.29 is 9.90 Å². The molecule has 0 aliphatic heterocycles. The number of carboxylic acids is 1. The molecule has 0 fully saturated rings. The van der Waals surface area contributed by atoms with Gasteiger partial charge in [-0.2, -0.15) is 0 Å². The van der Waals surface area contributed by atoms with Crippen molar-refractivity contribution in [2.24, 2.45) is 11.8 Å². The lowest BCUT2D eigenvalue weighted by molar-refractivity contribution is -0.142.